The van der Waals surface area contributed by atoms with Crippen molar-refractivity contribution in [2.45, 2.75) is 6.42 Å². The van der Waals surface area contributed by atoms with E-state index in [2.05, 4.69) is 39.6 Å². The molecule has 1 aliphatic heterocycles. The average Bonchev–Trinajstić information content (AvgIpc) is 2.93. The number of rotatable bonds is 4. The van der Waals surface area contributed by atoms with Gasteiger partial charge in [0.2, 0.25) is 0 Å². The molecule has 2 aromatic rings. The van der Waals surface area contributed by atoms with Crippen molar-refractivity contribution in [2.75, 3.05) is 32.7 Å². The summed E-state index contributed by atoms with van der Waals surface area (Å²) in [7, 11) is 0. The number of aromatic nitrogens is 2. The van der Waals surface area contributed by atoms with E-state index >= 15 is 0 Å². The molecule has 0 unspecified atom stereocenters. The van der Waals surface area contributed by atoms with Gasteiger partial charge in [0, 0.05) is 32.7 Å². The van der Waals surface area contributed by atoms with Crippen molar-refractivity contribution in [1.29, 1.82) is 0 Å². The molecule has 106 valence electrons. The largest absolute Gasteiger partial charge is 0.314 e. The molecule has 1 saturated heterocycles. The zero-order valence-electron chi connectivity index (χ0n) is 11.4. The fourth-order valence-corrected chi connectivity index (χ4v) is 2.70. The van der Waals surface area contributed by atoms with Gasteiger partial charge in [-0.25, -0.2) is 4.68 Å². The molecule has 1 N–H and O–H groups in total. The first kappa shape index (κ1) is 13.6. The second-order valence-corrected chi connectivity index (χ2v) is 5.46. The van der Waals surface area contributed by atoms with Gasteiger partial charge in [0.1, 0.15) is 5.15 Å². The van der Waals surface area contributed by atoms with Crippen LogP contribution in [-0.2, 0) is 6.42 Å². The fourth-order valence-electron chi connectivity index (χ4n) is 2.50. The zero-order valence-corrected chi connectivity index (χ0v) is 12.2. The van der Waals surface area contributed by atoms with Crippen LogP contribution in [0, 0.1) is 0 Å². The standard InChI is InChI=1S/C15H19ClN4/c16-15-5-7-18-20(15)14-3-1-13(2-4-14)6-10-19-11-8-17-9-12-19/h1-5,7,17H,6,8-12H2. The lowest BCUT2D eigenvalue weighted by Crippen LogP contribution is -2.44. The summed E-state index contributed by atoms with van der Waals surface area (Å²) in [5.41, 5.74) is 2.36. The number of piperazine rings is 1. The third kappa shape index (κ3) is 3.20. The molecule has 0 aliphatic carbocycles. The quantitative estimate of drug-likeness (QED) is 0.935. The molecular formula is C15H19ClN4. The van der Waals surface area contributed by atoms with Crippen molar-refractivity contribution in [3.8, 4) is 5.69 Å². The molecule has 0 spiro atoms. The number of hydrogen-bond donors (Lipinski definition) is 1. The average molecular weight is 291 g/mol. The number of benzene rings is 1. The highest BCUT2D eigenvalue weighted by atomic mass is 35.5. The molecule has 2 heterocycles. The summed E-state index contributed by atoms with van der Waals surface area (Å²) in [5.74, 6) is 0. The van der Waals surface area contributed by atoms with Gasteiger partial charge in [-0.2, -0.15) is 5.10 Å². The molecule has 1 aromatic heterocycles. The normalized spacial score (nSPS) is 16.4. The first-order valence-electron chi connectivity index (χ1n) is 7.05. The fraction of sp³-hybridized carbons (Fsp3) is 0.400. The molecule has 0 bridgehead atoms. The van der Waals surface area contributed by atoms with Crippen LogP contribution in [-0.4, -0.2) is 47.4 Å². The minimum Gasteiger partial charge on any atom is -0.314 e. The Labute approximate surface area is 124 Å². The number of nitrogens with zero attached hydrogens (tertiary/aromatic N) is 3. The molecule has 5 heteroatoms. The number of nitrogens with one attached hydrogen (secondary N) is 1. The lowest BCUT2D eigenvalue weighted by atomic mass is 10.1. The zero-order chi connectivity index (χ0) is 13.8. The minimum atomic E-state index is 0.638. The summed E-state index contributed by atoms with van der Waals surface area (Å²) in [6.07, 6.45) is 2.80. The molecule has 0 saturated carbocycles. The molecule has 0 amide bonds. The van der Waals surface area contributed by atoms with Crippen LogP contribution in [0.5, 0.6) is 0 Å². The maximum Gasteiger partial charge on any atom is 0.132 e. The smallest absolute Gasteiger partial charge is 0.132 e. The Bertz CT molecular complexity index is 543. The van der Waals surface area contributed by atoms with E-state index in [1.54, 1.807) is 16.9 Å². The van der Waals surface area contributed by atoms with E-state index in [9.17, 15) is 0 Å². The molecule has 1 fully saturated rings. The van der Waals surface area contributed by atoms with E-state index in [1.165, 1.54) is 5.56 Å². The van der Waals surface area contributed by atoms with Gasteiger partial charge in [0.25, 0.3) is 0 Å². The van der Waals surface area contributed by atoms with E-state index in [0.717, 1.165) is 44.8 Å². The van der Waals surface area contributed by atoms with Crippen LogP contribution < -0.4 is 5.32 Å². The van der Waals surface area contributed by atoms with Crippen molar-refractivity contribution in [2.24, 2.45) is 0 Å². The Balaban J connectivity index is 1.60. The first-order chi connectivity index (χ1) is 9.83. The van der Waals surface area contributed by atoms with Gasteiger partial charge in [0.15, 0.2) is 0 Å². The van der Waals surface area contributed by atoms with E-state index in [0.29, 0.717) is 5.15 Å². The van der Waals surface area contributed by atoms with Crippen LogP contribution in [0.25, 0.3) is 5.69 Å². The third-order valence-electron chi connectivity index (χ3n) is 3.70. The van der Waals surface area contributed by atoms with Gasteiger partial charge < -0.3 is 10.2 Å². The van der Waals surface area contributed by atoms with Gasteiger partial charge in [-0.15, -0.1) is 0 Å². The summed E-state index contributed by atoms with van der Waals surface area (Å²) in [6.45, 7) is 5.65. The highest BCUT2D eigenvalue weighted by Crippen LogP contribution is 2.15. The van der Waals surface area contributed by atoms with Crippen LogP contribution >= 0.6 is 11.6 Å². The van der Waals surface area contributed by atoms with Crippen molar-refractivity contribution in [1.82, 2.24) is 20.0 Å². The van der Waals surface area contributed by atoms with Crippen LogP contribution in [0.1, 0.15) is 5.56 Å². The van der Waals surface area contributed by atoms with Crippen molar-refractivity contribution in [3.05, 3.63) is 47.2 Å². The van der Waals surface area contributed by atoms with E-state index in [4.69, 9.17) is 11.6 Å². The summed E-state index contributed by atoms with van der Waals surface area (Å²) in [5, 5.41) is 8.22. The molecule has 0 radical (unpaired) electrons. The Morgan fingerprint density at radius 2 is 1.85 bits per heavy atom. The predicted molar refractivity (Wildman–Crippen MR) is 81.6 cm³/mol. The highest BCUT2D eigenvalue weighted by Gasteiger charge is 2.09. The van der Waals surface area contributed by atoms with Gasteiger partial charge in [-0.3, -0.25) is 0 Å². The van der Waals surface area contributed by atoms with Crippen molar-refractivity contribution >= 4 is 11.6 Å². The van der Waals surface area contributed by atoms with Crippen molar-refractivity contribution in [3.63, 3.8) is 0 Å². The van der Waals surface area contributed by atoms with E-state index in [1.807, 2.05) is 0 Å². The molecule has 1 aromatic carbocycles. The molecule has 0 atom stereocenters. The Hall–Kier alpha value is -1.36. The first-order valence-corrected chi connectivity index (χ1v) is 7.43. The minimum absolute atomic E-state index is 0.638. The molecule has 4 nitrogen and oxygen atoms in total. The summed E-state index contributed by atoms with van der Waals surface area (Å²) >= 11 is 6.06. The maximum absolute atomic E-state index is 6.06. The maximum atomic E-state index is 6.06. The summed E-state index contributed by atoms with van der Waals surface area (Å²) < 4.78 is 1.74. The van der Waals surface area contributed by atoms with Crippen LogP contribution in [0.15, 0.2) is 36.5 Å². The third-order valence-corrected chi connectivity index (χ3v) is 3.99. The van der Waals surface area contributed by atoms with Gasteiger partial charge in [-0.05, 0) is 30.2 Å². The monoisotopic (exact) mass is 290 g/mol. The summed E-state index contributed by atoms with van der Waals surface area (Å²) in [4.78, 5) is 2.51. The number of halogens is 1. The molecular weight excluding hydrogens is 272 g/mol. The predicted octanol–water partition coefficient (Wildman–Crippen LogP) is 1.97. The SMILES string of the molecule is Clc1ccnn1-c1ccc(CCN2CCNCC2)cc1. The van der Waals surface area contributed by atoms with Crippen LogP contribution in [0.2, 0.25) is 5.15 Å². The van der Waals surface area contributed by atoms with Crippen molar-refractivity contribution < 1.29 is 0 Å². The Morgan fingerprint density at radius 1 is 1.10 bits per heavy atom. The second kappa shape index (κ2) is 6.39. The number of hydrogen-bond acceptors (Lipinski definition) is 3. The summed E-state index contributed by atoms with van der Waals surface area (Å²) in [6, 6.07) is 10.3. The molecule has 1 aliphatic rings. The van der Waals surface area contributed by atoms with Crippen LogP contribution in [0.4, 0.5) is 0 Å². The molecule has 20 heavy (non-hydrogen) atoms. The lowest BCUT2D eigenvalue weighted by molar-refractivity contribution is 0.244. The Kier molecular flexibility index (Phi) is 4.35. The van der Waals surface area contributed by atoms with E-state index in [-0.39, 0.29) is 0 Å². The highest BCUT2D eigenvalue weighted by molar-refractivity contribution is 6.29. The lowest BCUT2D eigenvalue weighted by Gasteiger charge is -2.27. The van der Waals surface area contributed by atoms with Gasteiger partial charge in [-0.1, -0.05) is 23.7 Å². The van der Waals surface area contributed by atoms with E-state index < -0.39 is 0 Å². The Morgan fingerprint density at radius 3 is 2.50 bits per heavy atom. The second-order valence-electron chi connectivity index (χ2n) is 5.07. The topological polar surface area (TPSA) is 33.1 Å². The van der Waals surface area contributed by atoms with Crippen LogP contribution in [0.3, 0.4) is 0 Å². The molecule has 3 rings (SSSR count). The van der Waals surface area contributed by atoms with Gasteiger partial charge in [0.05, 0.1) is 11.9 Å². The van der Waals surface area contributed by atoms with Gasteiger partial charge >= 0.3 is 0 Å².